The molecule has 0 aromatic carbocycles. The van der Waals surface area contributed by atoms with Crippen molar-refractivity contribution in [3.05, 3.63) is 16.9 Å². The highest BCUT2D eigenvalue weighted by Crippen LogP contribution is 2.18. The third kappa shape index (κ3) is 2.44. The molecule has 1 aliphatic carbocycles. The number of ketones is 1. The lowest BCUT2D eigenvalue weighted by Gasteiger charge is -2.10. The second kappa shape index (κ2) is 4.97. The lowest BCUT2D eigenvalue weighted by molar-refractivity contribution is 0.0978. The van der Waals surface area contributed by atoms with Gasteiger partial charge in [0.15, 0.2) is 5.78 Å². The zero-order valence-corrected chi connectivity index (χ0v) is 10.1. The number of aryl methyl sites for hydroxylation is 1. The predicted octanol–water partition coefficient (Wildman–Crippen LogP) is 1.79. The van der Waals surface area contributed by atoms with Crippen LogP contribution in [0.4, 0.5) is 0 Å². The van der Waals surface area contributed by atoms with E-state index in [1.165, 1.54) is 36.6 Å². The summed E-state index contributed by atoms with van der Waals surface area (Å²) in [6.45, 7) is 0.351. The van der Waals surface area contributed by atoms with Crippen molar-refractivity contribution in [2.45, 2.75) is 31.7 Å². The number of nitrogens with zero attached hydrogens (tertiary/aromatic N) is 2. The Morgan fingerprint density at radius 1 is 1.62 bits per heavy atom. The smallest absolute Gasteiger partial charge is 0.196 e. The molecule has 0 saturated heterocycles. The summed E-state index contributed by atoms with van der Waals surface area (Å²) in [5.74, 6) is 0.0110. The minimum absolute atomic E-state index is 0.0110. The lowest BCUT2D eigenvalue weighted by Crippen LogP contribution is -2.32. The molecule has 0 amide bonds. The summed E-state index contributed by atoms with van der Waals surface area (Å²) < 4.78 is 1.53. The molecule has 1 aromatic heterocycles. The standard InChI is InChI=1S/C11H16ClN3O/c1-15-11(9(12)6-14-15)10(16)7-13-8-4-2-3-5-8/h6,8,13H,2-5,7H2,1H3. The van der Waals surface area contributed by atoms with Crippen LogP contribution in [0.5, 0.6) is 0 Å². The largest absolute Gasteiger partial charge is 0.307 e. The lowest BCUT2D eigenvalue weighted by atomic mass is 10.2. The molecule has 0 bridgehead atoms. The molecule has 5 heteroatoms. The first kappa shape index (κ1) is 11.6. The first-order valence-electron chi connectivity index (χ1n) is 5.62. The van der Waals surface area contributed by atoms with Gasteiger partial charge in [0.05, 0.1) is 17.8 Å². The Morgan fingerprint density at radius 3 is 2.88 bits per heavy atom. The highest BCUT2D eigenvalue weighted by molar-refractivity contribution is 6.33. The van der Waals surface area contributed by atoms with E-state index < -0.39 is 0 Å². The quantitative estimate of drug-likeness (QED) is 0.818. The van der Waals surface area contributed by atoms with Crippen LogP contribution < -0.4 is 5.32 Å². The van der Waals surface area contributed by atoms with Gasteiger partial charge in [-0.25, -0.2) is 0 Å². The Kier molecular flexibility index (Phi) is 3.61. The molecule has 1 N–H and O–H groups in total. The first-order valence-corrected chi connectivity index (χ1v) is 6.00. The molecule has 0 spiro atoms. The van der Waals surface area contributed by atoms with E-state index in [2.05, 4.69) is 10.4 Å². The number of hydrogen-bond donors (Lipinski definition) is 1. The van der Waals surface area contributed by atoms with Crippen LogP contribution in [0.25, 0.3) is 0 Å². The Hall–Kier alpha value is -0.870. The van der Waals surface area contributed by atoms with Crippen molar-refractivity contribution in [1.82, 2.24) is 15.1 Å². The third-order valence-electron chi connectivity index (χ3n) is 3.06. The van der Waals surface area contributed by atoms with Gasteiger partial charge in [0.25, 0.3) is 0 Å². The van der Waals surface area contributed by atoms with Gasteiger partial charge in [-0.1, -0.05) is 24.4 Å². The fourth-order valence-electron chi connectivity index (χ4n) is 2.18. The van der Waals surface area contributed by atoms with Crippen LogP contribution in [-0.2, 0) is 7.05 Å². The van der Waals surface area contributed by atoms with E-state index in [0.717, 1.165) is 0 Å². The van der Waals surface area contributed by atoms with Crippen molar-refractivity contribution in [1.29, 1.82) is 0 Å². The van der Waals surface area contributed by atoms with Crippen LogP contribution in [-0.4, -0.2) is 28.2 Å². The summed E-state index contributed by atoms with van der Waals surface area (Å²) in [5, 5.41) is 7.66. The van der Waals surface area contributed by atoms with Crippen molar-refractivity contribution in [2.75, 3.05) is 6.54 Å². The van der Waals surface area contributed by atoms with Crippen LogP contribution in [0.15, 0.2) is 6.20 Å². The van der Waals surface area contributed by atoms with Gasteiger partial charge in [0, 0.05) is 13.1 Å². The van der Waals surface area contributed by atoms with E-state index in [4.69, 9.17) is 11.6 Å². The van der Waals surface area contributed by atoms with E-state index in [0.29, 0.717) is 23.3 Å². The molecule has 2 rings (SSSR count). The average Bonchev–Trinajstić information content (AvgIpc) is 2.86. The molecule has 1 saturated carbocycles. The molecule has 0 unspecified atom stereocenters. The zero-order chi connectivity index (χ0) is 11.5. The number of nitrogens with one attached hydrogen (secondary N) is 1. The monoisotopic (exact) mass is 241 g/mol. The van der Waals surface area contributed by atoms with Crippen LogP contribution in [0, 0.1) is 0 Å². The molecule has 1 aliphatic rings. The molecule has 0 aliphatic heterocycles. The molecule has 1 heterocycles. The van der Waals surface area contributed by atoms with Crippen LogP contribution in [0.3, 0.4) is 0 Å². The third-order valence-corrected chi connectivity index (χ3v) is 3.34. The minimum atomic E-state index is 0.0110. The van der Waals surface area contributed by atoms with Crippen molar-refractivity contribution in [2.24, 2.45) is 7.05 Å². The Balaban J connectivity index is 1.92. The maximum Gasteiger partial charge on any atom is 0.196 e. The summed E-state index contributed by atoms with van der Waals surface area (Å²) in [7, 11) is 1.73. The molecule has 0 atom stereocenters. The number of hydrogen-bond acceptors (Lipinski definition) is 3. The van der Waals surface area contributed by atoms with Gasteiger partial charge in [-0.05, 0) is 12.8 Å². The summed E-state index contributed by atoms with van der Waals surface area (Å²) in [5.41, 5.74) is 0.493. The SMILES string of the molecule is Cn1ncc(Cl)c1C(=O)CNC1CCCC1. The van der Waals surface area contributed by atoms with Crippen LogP contribution >= 0.6 is 11.6 Å². The van der Waals surface area contributed by atoms with Crippen molar-refractivity contribution >= 4 is 17.4 Å². The number of halogens is 1. The van der Waals surface area contributed by atoms with Gasteiger partial charge in [-0.2, -0.15) is 5.10 Å². The van der Waals surface area contributed by atoms with E-state index in [9.17, 15) is 4.79 Å². The Labute approximate surface area is 100.0 Å². The van der Waals surface area contributed by atoms with Gasteiger partial charge in [-0.15, -0.1) is 0 Å². The molecule has 4 nitrogen and oxygen atoms in total. The van der Waals surface area contributed by atoms with Gasteiger partial charge in [0.2, 0.25) is 0 Å². The summed E-state index contributed by atoms with van der Waals surface area (Å²) >= 11 is 5.90. The van der Waals surface area contributed by atoms with E-state index in [1.54, 1.807) is 7.05 Å². The zero-order valence-electron chi connectivity index (χ0n) is 9.37. The van der Waals surface area contributed by atoms with Gasteiger partial charge < -0.3 is 5.32 Å². The molecule has 0 radical (unpaired) electrons. The molecule has 1 fully saturated rings. The van der Waals surface area contributed by atoms with Gasteiger partial charge >= 0.3 is 0 Å². The Morgan fingerprint density at radius 2 is 2.31 bits per heavy atom. The Bertz CT molecular complexity index is 363. The summed E-state index contributed by atoms with van der Waals surface area (Å²) in [6.07, 6.45) is 6.37. The van der Waals surface area contributed by atoms with E-state index in [-0.39, 0.29) is 5.78 Å². The fourth-order valence-corrected chi connectivity index (χ4v) is 2.45. The van der Waals surface area contributed by atoms with Crippen molar-refractivity contribution in [3.8, 4) is 0 Å². The van der Waals surface area contributed by atoms with Gasteiger partial charge in [-0.3, -0.25) is 9.48 Å². The van der Waals surface area contributed by atoms with Crippen molar-refractivity contribution in [3.63, 3.8) is 0 Å². The topological polar surface area (TPSA) is 46.9 Å². The van der Waals surface area contributed by atoms with Crippen LogP contribution in [0.2, 0.25) is 5.02 Å². The first-order chi connectivity index (χ1) is 7.68. The normalized spacial score (nSPS) is 16.9. The number of aromatic nitrogens is 2. The maximum absolute atomic E-state index is 11.9. The minimum Gasteiger partial charge on any atom is -0.307 e. The van der Waals surface area contributed by atoms with Crippen molar-refractivity contribution < 1.29 is 4.79 Å². The van der Waals surface area contributed by atoms with Gasteiger partial charge in [0.1, 0.15) is 5.69 Å². The van der Waals surface area contributed by atoms with Crippen LogP contribution in [0.1, 0.15) is 36.2 Å². The number of carbonyl (C=O) groups is 1. The predicted molar refractivity (Wildman–Crippen MR) is 62.8 cm³/mol. The molecule has 16 heavy (non-hydrogen) atoms. The molecule has 88 valence electrons. The van der Waals surface area contributed by atoms with E-state index in [1.807, 2.05) is 0 Å². The van der Waals surface area contributed by atoms with E-state index >= 15 is 0 Å². The number of Topliss-reactive ketones (excluding diaryl/α,β-unsaturated/α-hetero) is 1. The highest BCUT2D eigenvalue weighted by atomic mass is 35.5. The molecule has 1 aromatic rings. The second-order valence-corrected chi connectivity index (χ2v) is 4.66. The molecular weight excluding hydrogens is 226 g/mol. The second-order valence-electron chi connectivity index (χ2n) is 4.25. The average molecular weight is 242 g/mol. The number of carbonyl (C=O) groups excluding carboxylic acids is 1. The number of rotatable bonds is 4. The molecular formula is C11H16ClN3O. The fraction of sp³-hybridized carbons (Fsp3) is 0.636. The highest BCUT2D eigenvalue weighted by Gasteiger charge is 2.19. The summed E-state index contributed by atoms with van der Waals surface area (Å²) in [4.78, 5) is 11.9. The summed E-state index contributed by atoms with van der Waals surface area (Å²) in [6, 6.07) is 0.496. The maximum atomic E-state index is 11.9.